The highest BCUT2D eigenvalue weighted by atomic mass is 127. The van der Waals surface area contributed by atoms with Crippen molar-refractivity contribution in [3.05, 3.63) is 55.9 Å². The molecular weight excluding hydrogens is 367 g/mol. The van der Waals surface area contributed by atoms with Crippen molar-refractivity contribution in [2.45, 2.75) is 13.8 Å². The summed E-state index contributed by atoms with van der Waals surface area (Å²) in [5.74, 6) is 0. The van der Waals surface area contributed by atoms with Crippen LogP contribution in [0.1, 0.15) is 11.1 Å². The lowest BCUT2D eigenvalue weighted by atomic mass is 10.1. The molecule has 0 unspecified atom stereocenters. The number of hydrogen-bond donors (Lipinski definition) is 1. The highest BCUT2D eigenvalue weighted by molar-refractivity contribution is 14.1. The Balaban J connectivity index is 2.32. The fourth-order valence-corrected chi connectivity index (χ4v) is 3.01. The SMILES string of the molecule is Cc1ccc(-n2c(=S)[nH]c3cc(I)ccc32)cc1C. The molecule has 2 nitrogen and oxygen atoms in total. The van der Waals surface area contributed by atoms with E-state index in [1.807, 2.05) is 0 Å². The molecule has 96 valence electrons. The van der Waals surface area contributed by atoms with Crippen LogP contribution in [-0.2, 0) is 0 Å². The summed E-state index contributed by atoms with van der Waals surface area (Å²) in [6.07, 6.45) is 0. The second-order valence-corrected chi connectivity index (χ2v) is 6.33. The van der Waals surface area contributed by atoms with Crippen LogP contribution in [0.5, 0.6) is 0 Å². The number of benzene rings is 2. The van der Waals surface area contributed by atoms with Gasteiger partial charge in [0.2, 0.25) is 0 Å². The summed E-state index contributed by atoms with van der Waals surface area (Å²) in [6.45, 7) is 4.25. The van der Waals surface area contributed by atoms with Gasteiger partial charge in [-0.15, -0.1) is 0 Å². The van der Waals surface area contributed by atoms with Crippen LogP contribution in [-0.4, -0.2) is 9.55 Å². The molecule has 0 atom stereocenters. The van der Waals surface area contributed by atoms with Gasteiger partial charge in [-0.2, -0.15) is 0 Å². The van der Waals surface area contributed by atoms with E-state index in [2.05, 4.69) is 82.4 Å². The van der Waals surface area contributed by atoms with Crippen LogP contribution in [0, 0.1) is 22.2 Å². The number of nitrogens with one attached hydrogen (secondary N) is 1. The molecule has 0 fully saturated rings. The van der Waals surface area contributed by atoms with E-state index in [0.717, 1.165) is 21.5 Å². The number of hydrogen-bond acceptors (Lipinski definition) is 1. The van der Waals surface area contributed by atoms with Crippen LogP contribution in [0.15, 0.2) is 36.4 Å². The van der Waals surface area contributed by atoms with Gasteiger partial charge in [-0.25, -0.2) is 0 Å². The molecule has 0 radical (unpaired) electrons. The molecule has 3 rings (SSSR count). The number of aryl methyl sites for hydroxylation is 2. The Morgan fingerprint density at radius 3 is 2.58 bits per heavy atom. The monoisotopic (exact) mass is 380 g/mol. The highest BCUT2D eigenvalue weighted by Gasteiger charge is 2.07. The Kier molecular flexibility index (Phi) is 3.22. The molecule has 3 aromatic rings. The molecule has 1 aromatic heterocycles. The van der Waals surface area contributed by atoms with Gasteiger partial charge in [-0.1, -0.05) is 6.07 Å². The summed E-state index contributed by atoms with van der Waals surface area (Å²) in [6, 6.07) is 12.8. The first-order chi connectivity index (χ1) is 9.06. The van der Waals surface area contributed by atoms with Crippen molar-refractivity contribution >= 4 is 45.8 Å². The number of fused-ring (bicyclic) bond motifs is 1. The van der Waals surface area contributed by atoms with Gasteiger partial charge in [0.15, 0.2) is 4.77 Å². The lowest BCUT2D eigenvalue weighted by Crippen LogP contribution is -1.95. The second-order valence-electron chi connectivity index (χ2n) is 4.70. The van der Waals surface area contributed by atoms with E-state index >= 15 is 0 Å². The molecule has 0 aliphatic carbocycles. The number of aromatic amines is 1. The van der Waals surface area contributed by atoms with Crippen LogP contribution < -0.4 is 0 Å². The summed E-state index contributed by atoms with van der Waals surface area (Å²) in [7, 11) is 0. The molecule has 0 saturated carbocycles. The number of imidazole rings is 1. The average molecular weight is 380 g/mol. The second kappa shape index (κ2) is 4.76. The van der Waals surface area contributed by atoms with E-state index in [0.29, 0.717) is 0 Å². The van der Waals surface area contributed by atoms with E-state index in [1.54, 1.807) is 0 Å². The fraction of sp³-hybridized carbons (Fsp3) is 0.133. The maximum absolute atomic E-state index is 5.46. The number of nitrogens with zero attached hydrogens (tertiary/aromatic N) is 1. The maximum Gasteiger partial charge on any atom is 0.182 e. The summed E-state index contributed by atoms with van der Waals surface area (Å²) in [5, 5.41) is 0. The summed E-state index contributed by atoms with van der Waals surface area (Å²) >= 11 is 7.77. The Bertz CT molecular complexity index is 830. The standard InChI is InChI=1S/C15H13IN2S/c1-9-3-5-12(7-10(9)2)18-14-6-4-11(16)8-13(14)17-15(18)19/h3-8H,1-2H3,(H,17,19). The topological polar surface area (TPSA) is 20.7 Å². The first-order valence-electron chi connectivity index (χ1n) is 6.04. The molecule has 1 heterocycles. The molecule has 1 N–H and O–H groups in total. The zero-order chi connectivity index (χ0) is 13.6. The summed E-state index contributed by atoms with van der Waals surface area (Å²) < 4.78 is 4.03. The quantitative estimate of drug-likeness (QED) is 0.470. The average Bonchev–Trinajstić information content (AvgIpc) is 2.68. The number of halogens is 1. The molecule has 0 saturated heterocycles. The number of aromatic nitrogens is 2. The van der Waals surface area contributed by atoms with Crippen LogP contribution >= 0.6 is 34.8 Å². The largest absolute Gasteiger partial charge is 0.330 e. The number of rotatable bonds is 1. The predicted molar refractivity (Wildman–Crippen MR) is 90.7 cm³/mol. The van der Waals surface area contributed by atoms with Crippen LogP contribution in [0.2, 0.25) is 0 Å². The Morgan fingerprint density at radius 2 is 1.84 bits per heavy atom. The highest BCUT2D eigenvalue weighted by Crippen LogP contribution is 2.22. The third-order valence-corrected chi connectivity index (χ3v) is 4.35. The Hall–Kier alpha value is -1.14. The third kappa shape index (κ3) is 2.23. The third-order valence-electron chi connectivity index (χ3n) is 3.39. The van der Waals surface area contributed by atoms with E-state index in [4.69, 9.17) is 12.2 Å². The number of H-pyrrole nitrogens is 1. The van der Waals surface area contributed by atoms with Gasteiger partial charge in [0, 0.05) is 9.26 Å². The van der Waals surface area contributed by atoms with Gasteiger partial charge in [0.25, 0.3) is 0 Å². The van der Waals surface area contributed by atoms with Gasteiger partial charge in [0.1, 0.15) is 0 Å². The summed E-state index contributed by atoms with van der Waals surface area (Å²) in [4.78, 5) is 3.27. The van der Waals surface area contributed by atoms with Gasteiger partial charge in [0.05, 0.1) is 11.0 Å². The van der Waals surface area contributed by atoms with Crippen molar-refractivity contribution in [3.63, 3.8) is 0 Å². The van der Waals surface area contributed by atoms with E-state index in [9.17, 15) is 0 Å². The predicted octanol–water partition coefficient (Wildman–Crippen LogP) is 4.91. The molecule has 19 heavy (non-hydrogen) atoms. The maximum atomic E-state index is 5.46. The summed E-state index contributed by atoms with van der Waals surface area (Å²) in [5.41, 5.74) is 5.88. The zero-order valence-corrected chi connectivity index (χ0v) is 13.7. The molecule has 2 aromatic carbocycles. The lowest BCUT2D eigenvalue weighted by molar-refractivity contribution is 1.06. The minimum absolute atomic E-state index is 0.736. The van der Waals surface area contributed by atoms with E-state index in [1.165, 1.54) is 14.7 Å². The molecular formula is C15H13IN2S. The zero-order valence-electron chi connectivity index (χ0n) is 10.7. The van der Waals surface area contributed by atoms with Crippen molar-refractivity contribution in [1.29, 1.82) is 0 Å². The lowest BCUT2D eigenvalue weighted by Gasteiger charge is -2.07. The molecule has 4 heteroatoms. The smallest absolute Gasteiger partial charge is 0.182 e. The van der Waals surface area contributed by atoms with Crippen LogP contribution in [0.25, 0.3) is 16.7 Å². The van der Waals surface area contributed by atoms with Gasteiger partial charge < -0.3 is 4.98 Å². The van der Waals surface area contributed by atoms with Crippen molar-refractivity contribution in [3.8, 4) is 5.69 Å². The first-order valence-corrected chi connectivity index (χ1v) is 7.53. The Labute approximate surface area is 130 Å². The Morgan fingerprint density at radius 1 is 1.05 bits per heavy atom. The molecule has 0 aliphatic heterocycles. The van der Waals surface area contributed by atoms with E-state index in [-0.39, 0.29) is 0 Å². The molecule has 0 bridgehead atoms. The fourth-order valence-electron chi connectivity index (χ4n) is 2.20. The van der Waals surface area contributed by atoms with Crippen molar-refractivity contribution in [2.24, 2.45) is 0 Å². The first kappa shape index (κ1) is 12.9. The molecule has 0 spiro atoms. The van der Waals surface area contributed by atoms with Gasteiger partial charge in [-0.05, 0) is 90.1 Å². The van der Waals surface area contributed by atoms with Gasteiger partial charge in [-0.3, -0.25) is 4.57 Å². The van der Waals surface area contributed by atoms with Crippen LogP contribution in [0.3, 0.4) is 0 Å². The molecule has 0 amide bonds. The molecule has 0 aliphatic rings. The van der Waals surface area contributed by atoms with Crippen molar-refractivity contribution in [2.75, 3.05) is 0 Å². The van der Waals surface area contributed by atoms with Crippen molar-refractivity contribution in [1.82, 2.24) is 9.55 Å². The minimum atomic E-state index is 0.736. The van der Waals surface area contributed by atoms with Crippen molar-refractivity contribution < 1.29 is 0 Å². The van der Waals surface area contributed by atoms with Gasteiger partial charge >= 0.3 is 0 Å². The van der Waals surface area contributed by atoms with E-state index < -0.39 is 0 Å². The minimum Gasteiger partial charge on any atom is -0.330 e. The van der Waals surface area contributed by atoms with Crippen LogP contribution in [0.4, 0.5) is 0 Å². The normalized spacial score (nSPS) is 11.1.